The number of hydrogen-bond acceptors (Lipinski definition) is 4. The van der Waals surface area contributed by atoms with E-state index in [2.05, 4.69) is 5.32 Å². The highest BCUT2D eigenvalue weighted by molar-refractivity contribution is 7.88. The molecule has 0 saturated carbocycles. The number of carbonyl (C=O) groups is 1. The molecule has 1 saturated heterocycles. The van der Waals surface area contributed by atoms with Gasteiger partial charge in [-0.1, -0.05) is 0 Å². The second-order valence-corrected chi connectivity index (χ2v) is 7.40. The summed E-state index contributed by atoms with van der Waals surface area (Å²) in [6.45, 7) is 5.33. The average Bonchev–Trinajstić information content (AvgIpc) is 2.34. The van der Waals surface area contributed by atoms with E-state index < -0.39 is 10.0 Å². The van der Waals surface area contributed by atoms with Crippen molar-refractivity contribution in [3.63, 3.8) is 0 Å². The summed E-state index contributed by atoms with van der Waals surface area (Å²) in [6.07, 6.45) is 2.75. The first-order chi connectivity index (χ1) is 8.71. The zero-order valence-corrected chi connectivity index (χ0v) is 13.0. The van der Waals surface area contributed by atoms with Crippen LogP contribution in [0, 0.1) is 0 Å². The van der Waals surface area contributed by atoms with Crippen molar-refractivity contribution in [2.24, 2.45) is 0 Å². The highest BCUT2D eigenvalue weighted by atomic mass is 32.2. The van der Waals surface area contributed by atoms with Gasteiger partial charge in [0, 0.05) is 32.2 Å². The predicted octanol–water partition coefficient (Wildman–Crippen LogP) is -0.133. The predicted molar refractivity (Wildman–Crippen MR) is 75.3 cm³/mol. The summed E-state index contributed by atoms with van der Waals surface area (Å²) in [4.78, 5) is 13.5. The highest BCUT2D eigenvalue weighted by Gasteiger charge is 2.25. The number of sulfonamides is 1. The van der Waals surface area contributed by atoms with Gasteiger partial charge in [-0.05, 0) is 26.7 Å². The largest absolute Gasteiger partial charge is 0.342 e. The van der Waals surface area contributed by atoms with Gasteiger partial charge in [0.2, 0.25) is 15.9 Å². The van der Waals surface area contributed by atoms with Crippen LogP contribution < -0.4 is 5.32 Å². The van der Waals surface area contributed by atoms with Crippen LogP contribution in [0.25, 0.3) is 0 Å². The summed E-state index contributed by atoms with van der Waals surface area (Å²) in [6, 6.07) is 0.420. The van der Waals surface area contributed by atoms with E-state index in [9.17, 15) is 13.2 Å². The molecule has 0 aromatic rings. The Bertz CT molecular complexity index is 400. The third-order valence-electron chi connectivity index (χ3n) is 3.63. The second kappa shape index (κ2) is 6.67. The van der Waals surface area contributed by atoms with Crippen LogP contribution in [-0.4, -0.2) is 68.6 Å². The lowest BCUT2D eigenvalue weighted by molar-refractivity contribution is -0.130. The standard InChI is InChI=1S/C12H25N3O3S/c1-10(2)14(3)12(16)9-13-11-5-7-15(8-6-11)19(4,17)18/h10-11,13H,5-9H2,1-4H3. The van der Waals surface area contributed by atoms with Crippen molar-refractivity contribution in [2.45, 2.75) is 38.8 Å². The number of piperidine rings is 1. The number of hydrogen-bond donors (Lipinski definition) is 1. The number of carbonyl (C=O) groups excluding carboxylic acids is 1. The fourth-order valence-corrected chi connectivity index (χ4v) is 2.91. The minimum atomic E-state index is -3.07. The molecular weight excluding hydrogens is 266 g/mol. The molecule has 0 bridgehead atoms. The maximum atomic E-state index is 11.8. The summed E-state index contributed by atoms with van der Waals surface area (Å²) in [7, 11) is -1.28. The summed E-state index contributed by atoms with van der Waals surface area (Å²) in [5, 5.41) is 3.22. The zero-order valence-electron chi connectivity index (χ0n) is 12.2. The lowest BCUT2D eigenvalue weighted by atomic mass is 10.1. The van der Waals surface area contributed by atoms with Gasteiger partial charge in [0.25, 0.3) is 0 Å². The van der Waals surface area contributed by atoms with Crippen LogP contribution in [0.15, 0.2) is 0 Å². The van der Waals surface area contributed by atoms with Crippen molar-refractivity contribution in [1.29, 1.82) is 0 Å². The fraction of sp³-hybridized carbons (Fsp3) is 0.917. The first-order valence-corrected chi connectivity index (χ1v) is 8.51. The topological polar surface area (TPSA) is 69.7 Å². The van der Waals surface area contributed by atoms with E-state index in [1.54, 1.807) is 11.9 Å². The minimum Gasteiger partial charge on any atom is -0.342 e. The molecule has 112 valence electrons. The van der Waals surface area contributed by atoms with Crippen molar-refractivity contribution in [2.75, 3.05) is 32.9 Å². The quantitative estimate of drug-likeness (QED) is 0.766. The molecule has 6 nitrogen and oxygen atoms in total. The van der Waals surface area contributed by atoms with Crippen LogP contribution in [0.5, 0.6) is 0 Å². The third-order valence-corrected chi connectivity index (χ3v) is 4.94. The maximum Gasteiger partial charge on any atom is 0.236 e. The Labute approximate surface area is 116 Å². The third kappa shape index (κ3) is 5.08. The maximum absolute atomic E-state index is 11.8. The molecule has 7 heteroatoms. The number of amides is 1. The Hall–Kier alpha value is -0.660. The van der Waals surface area contributed by atoms with Crippen molar-refractivity contribution in [3.05, 3.63) is 0 Å². The molecule has 0 aromatic heterocycles. The van der Waals surface area contributed by atoms with Crippen LogP contribution in [0.2, 0.25) is 0 Å². The Kier molecular flexibility index (Phi) is 5.76. The van der Waals surface area contributed by atoms with Crippen molar-refractivity contribution in [1.82, 2.24) is 14.5 Å². The van der Waals surface area contributed by atoms with E-state index in [-0.39, 0.29) is 18.0 Å². The first kappa shape index (κ1) is 16.4. The van der Waals surface area contributed by atoms with Gasteiger partial charge in [-0.15, -0.1) is 0 Å². The molecule has 19 heavy (non-hydrogen) atoms. The molecule has 0 spiro atoms. The lowest BCUT2D eigenvalue weighted by Gasteiger charge is -2.31. The van der Waals surface area contributed by atoms with E-state index in [1.807, 2.05) is 13.8 Å². The number of likely N-dealkylation sites (N-methyl/N-ethyl adjacent to an activating group) is 1. The molecule has 0 radical (unpaired) electrons. The smallest absolute Gasteiger partial charge is 0.236 e. The molecule has 1 rings (SSSR count). The van der Waals surface area contributed by atoms with Crippen molar-refractivity contribution >= 4 is 15.9 Å². The van der Waals surface area contributed by atoms with E-state index in [1.165, 1.54) is 10.6 Å². The van der Waals surface area contributed by atoms with Crippen LogP contribution >= 0.6 is 0 Å². The van der Waals surface area contributed by atoms with Gasteiger partial charge < -0.3 is 10.2 Å². The Morgan fingerprint density at radius 1 is 1.37 bits per heavy atom. The average molecular weight is 291 g/mol. The SMILES string of the molecule is CC(C)N(C)C(=O)CNC1CCN(S(C)(=O)=O)CC1. The van der Waals surface area contributed by atoms with E-state index in [0.29, 0.717) is 19.6 Å². The molecule has 1 amide bonds. The Morgan fingerprint density at radius 3 is 2.32 bits per heavy atom. The molecule has 1 aliphatic rings. The second-order valence-electron chi connectivity index (χ2n) is 5.42. The van der Waals surface area contributed by atoms with Gasteiger partial charge in [-0.3, -0.25) is 4.79 Å². The first-order valence-electron chi connectivity index (χ1n) is 6.66. The molecule has 1 heterocycles. The summed E-state index contributed by atoms with van der Waals surface area (Å²) >= 11 is 0. The molecule has 0 unspecified atom stereocenters. The Morgan fingerprint density at radius 2 is 1.89 bits per heavy atom. The van der Waals surface area contributed by atoms with Gasteiger partial charge in [0.1, 0.15) is 0 Å². The van der Waals surface area contributed by atoms with E-state index in [0.717, 1.165) is 12.8 Å². The highest BCUT2D eigenvalue weighted by Crippen LogP contribution is 2.13. The van der Waals surface area contributed by atoms with Crippen molar-refractivity contribution in [3.8, 4) is 0 Å². The minimum absolute atomic E-state index is 0.0699. The molecule has 1 fully saturated rings. The number of nitrogens with one attached hydrogen (secondary N) is 1. The van der Waals surface area contributed by atoms with Gasteiger partial charge >= 0.3 is 0 Å². The van der Waals surface area contributed by atoms with E-state index >= 15 is 0 Å². The summed E-state index contributed by atoms with van der Waals surface area (Å²) < 4.78 is 24.2. The van der Waals surface area contributed by atoms with Gasteiger partial charge in [-0.25, -0.2) is 12.7 Å². The van der Waals surface area contributed by atoms with Gasteiger partial charge in [-0.2, -0.15) is 0 Å². The van der Waals surface area contributed by atoms with Gasteiger partial charge in [0.05, 0.1) is 12.8 Å². The number of rotatable bonds is 5. The van der Waals surface area contributed by atoms with Gasteiger partial charge in [0.15, 0.2) is 0 Å². The molecule has 1 N–H and O–H groups in total. The van der Waals surface area contributed by atoms with Crippen LogP contribution in [0.1, 0.15) is 26.7 Å². The van der Waals surface area contributed by atoms with Crippen LogP contribution in [-0.2, 0) is 14.8 Å². The number of nitrogens with zero attached hydrogens (tertiary/aromatic N) is 2. The normalized spacial score (nSPS) is 18.8. The molecule has 0 atom stereocenters. The van der Waals surface area contributed by atoms with Crippen molar-refractivity contribution < 1.29 is 13.2 Å². The summed E-state index contributed by atoms with van der Waals surface area (Å²) in [5.41, 5.74) is 0. The monoisotopic (exact) mass is 291 g/mol. The van der Waals surface area contributed by atoms with E-state index in [4.69, 9.17) is 0 Å². The molecular formula is C12H25N3O3S. The fourth-order valence-electron chi connectivity index (χ4n) is 2.04. The zero-order chi connectivity index (χ0) is 14.6. The van der Waals surface area contributed by atoms with Crippen LogP contribution in [0.3, 0.4) is 0 Å². The molecule has 0 aliphatic carbocycles. The lowest BCUT2D eigenvalue weighted by Crippen LogP contribution is -2.47. The molecule has 0 aromatic carbocycles. The molecule has 1 aliphatic heterocycles. The summed E-state index contributed by atoms with van der Waals surface area (Å²) in [5.74, 6) is 0.0699. The van der Waals surface area contributed by atoms with Crippen LogP contribution in [0.4, 0.5) is 0 Å². The Balaban J connectivity index is 2.32.